The van der Waals surface area contributed by atoms with Crippen LogP contribution in [0.5, 0.6) is 0 Å². The lowest BCUT2D eigenvalue weighted by Gasteiger charge is -2.11. The fourth-order valence-corrected chi connectivity index (χ4v) is 3.17. The van der Waals surface area contributed by atoms with Crippen LogP contribution in [0.4, 0.5) is 11.4 Å². The van der Waals surface area contributed by atoms with Gasteiger partial charge in [0, 0.05) is 35.0 Å². The monoisotopic (exact) mass is 344 g/mol. The number of fused-ring (bicyclic) bond motifs is 2. The highest BCUT2D eigenvalue weighted by Crippen LogP contribution is 2.34. The van der Waals surface area contributed by atoms with Crippen LogP contribution in [0.25, 0.3) is 17.5 Å². The van der Waals surface area contributed by atoms with Crippen LogP contribution in [0, 0.1) is 0 Å². The van der Waals surface area contributed by atoms with Gasteiger partial charge < -0.3 is 20.6 Å². The molecular weight excluding hydrogens is 328 g/mol. The molecule has 128 valence electrons. The number of anilines is 2. The number of rotatable bonds is 2. The van der Waals surface area contributed by atoms with Gasteiger partial charge in [0.2, 0.25) is 11.8 Å². The van der Waals surface area contributed by atoms with Crippen LogP contribution >= 0.6 is 0 Å². The zero-order valence-corrected chi connectivity index (χ0v) is 13.8. The number of aliphatic imine (C=N–C) groups is 1. The van der Waals surface area contributed by atoms with E-state index in [1.54, 1.807) is 0 Å². The molecule has 0 saturated carbocycles. The second kappa shape index (κ2) is 5.49. The molecule has 0 radical (unpaired) electrons. The van der Waals surface area contributed by atoms with Gasteiger partial charge in [-0.05, 0) is 42.5 Å². The number of nitrogens with two attached hydrogens (primary N) is 2. The fraction of sp³-hybridized carbons (Fsp3) is 0.100. The van der Waals surface area contributed by atoms with Crippen LogP contribution in [0.1, 0.15) is 17.0 Å². The molecule has 0 spiro atoms. The maximum absolute atomic E-state index is 5.96. The van der Waals surface area contributed by atoms with Crippen LogP contribution in [0.2, 0.25) is 0 Å². The van der Waals surface area contributed by atoms with E-state index in [0.717, 1.165) is 28.3 Å². The predicted molar refractivity (Wildman–Crippen MR) is 100 cm³/mol. The van der Waals surface area contributed by atoms with E-state index in [-0.39, 0.29) is 6.04 Å². The zero-order chi connectivity index (χ0) is 17.7. The van der Waals surface area contributed by atoms with Crippen molar-refractivity contribution in [3.05, 3.63) is 71.3 Å². The summed E-state index contributed by atoms with van der Waals surface area (Å²) in [5, 5.41) is 0. The average Bonchev–Trinajstić information content (AvgIpc) is 3.23. The lowest BCUT2D eigenvalue weighted by atomic mass is 10.0. The zero-order valence-electron chi connectivity index (χ0n) is 13.8. The summed E-state index contributed by atoms with van der Waals surface area (Å²) in [6.45, 7) is 0. The van der Waals surface area contributed by atoms with Gasteiger partial charge in [-0.25, -0.2) is 9.98 Å². The number of hydrogen-bond acceptors (Lipinski definition) is 6. The Morgan fingerprint density at radius 1 is 0.962 bits per heavy atom. The molecular formula is C20H16N4O2. The van der Waals surface area contributed by atoms with Crippen molar-refractivity contribution in [3.63, 3.8) is 0 Å². The largest absolute Gasteiger partial charge is 0.441 e. The number of hydrogen-bond donors (Lipinski definition) is 2. The third kappa shape index (κ3) is 2.43. The van der Waals surface area contributed by atoms with Crippen molar-refractivity contribution in [1.29, 1.82) is 0 Å². The van der Waals surface area contributed by atoms with E-state index in [1.165, 1.54) is 0 Å². The summed E-state index contributed by atoms with van der Waals surface area (Å²) in [7, 11) is 0. The third-order valence-electron chi connectivity index (χ3n) is 4.49. The first kappa shape index (κ1) is 14.8. The Morgan fingerprint density at radius 3 is 2.62 bits per heavy atom. The van der Waals surface area contributed by atoms with Gasteiger partial charge in [0.05, 0.1) is 0 Å². The van der Waals surface area contributed by atoms with Crippen molar-refractivity contribution in [3.8, 4) is 11.5 Å². The van der Waals surface area contributed by atoms with Crippen molar-refractivity contribution >= 4 is 23.3 Å². The number of benzene rings is 2. The maximum Gasteiger partial charge on any atom is 0.226 e. The lowest BCUT2D eigenvalue weighted by Crippen LogP contribution is -2.12. The molecule has 0 bridgehead atoms. The molecule has 0 fully saturated rings. The van der Waals surface area contributed by atoms with E-state index < -0.39 is 0 Å². The van der Waals surface area contributed by atoms with E-state index in [9.17, 15) is 0 Å². The van der Waals surface area contributed by atoms with E-state index in [1.807, 2.05) is 54.6 Å². The van der Waals surface area contributed by atoms with E-state index in [0.29, 0.717) is 29.6 Å². The minimum absolute atomic E-state index is 0.0864. The van der Waals surface area contributed by atoms with Crippen molar-refractivity contribution in [2.75, 3.05) is 11.5 Å². The third-order valence-corrected chi connectivity index (χ3v) is 4.49. The summed E-state index contributed by atoms with van der Waals surface area (Å²) < 4.78 is 11.9. The molecule has 1 aromatic heterocycles. The Balaban J connectivity index is 1.44. The molecule has 3 aromatic rings. The average molecular weight is 344 g/mol. The first-order chi connectivity index (χ1) is 12.7. The van der Waals surface area contributed by atoms with E-state index in [2.05, 4.69) is 9.98 Å². The van der Waals surface area contributed by atoms with Crippen LogP contribution in [0.15, 0.2) is 63.7 Å². The Hall–Kier alpha value is -3.54. The van der Waals surface area contributed by atoms with Crippen LogP contribution in [0.3, 0.4) is 0 Å². The van der Waals surface area contributed by atoms with Crippen LogP contribution < -0.4 is 11.5 Å². The molecule has 1 atom stereocenters. The highest BCUT2D eigenvalue weighted by Gasteiger charge is 2.33. The molecule has 6 nitrogen and oxygen atoms in total. The quantitative estimate of drug-likeness (QED) is 0.695. The van der Waals surface area contributed by atoms with Gasteiger partial charge in [0.25, 0.3) is 0 Å². The smallest absolute Gasteiger partial charge is 0.226 e. The van der Waals surface area contributed by atoms with Gasteiger partial charge in [0.1, 0.15) is 23.3 Å². The molecule has 0 saturated heterocycles. The van der Waals surface area contributed by atoms with Crippen LogP contribution in [-0.4, -0.2) is 16.9 Å². The number of oxazole rings is 1. The molecule has 0 amide bonds. The number of aromatic nitrogens is 1. The lowest BCUT2D eigenvalue weighted by molar-refractivity contribution is 0.405. The Morgan fingerprint density at radius 2 is 1.81 bits per heavy atom. The van der Waals surface area contributed by atoms with Gasteiger partial charge in [-0.3, -0.25) is 0 Å². The molecule has 2 aliphatic rings. The van der Waals surface area contributed by atoms with Gasteiger partial charge in [-0.1, -0.05) is 6.07 Å². The standard InChI is InChI=1S/C20H16N4O2/c21-13-6-4-11(5-7-13)19-23-15-9-18-16(10-17(15)25-19)24-20(26-18)12-2-1-3-14(22)8-12/h1-8,10,15H,9,21-22H2. The summed E-state index contributed by atoms with van der Waals surface area (Å²) in [6, 6.07) is 14.9. The highest BCUT2D eigenvalue weighted by atomic mass is 16.5. The highest BCUT2D eigenvalue weighted by molar-refractivity contribution is 5.97. The molecule has 26 heavy (non-hydrogen) atoms. The first-order valence-electron chi connectivity index (χ1n) is 8.34. The normalized spacial score (nSPS) is 17.8. The van der Waals surface area contributed by atoms with Crippen LogP contribution in [-0.2, 0) is 11.2 Å². The Kier molecular flexibility index (Phi) is 3.12. The topological polar surface area (TPSA) is 99.7 Å². The number of ether oxygens (including phenoxy) is 1. The van der Waals surface area contributed by atoms with Gasteiger partial charge in [0.15, 0.2) is 0 Å². The molecule has 1 aliphatic carbocycles. The molecule has 1 aliphatic heterocycles. The predicted octanol–water partition coefficient (Wildman–Crippen LogP) is 3.25. The number of nitrogens with zero attached hydrogens (tertiary/aromatic N) is 2. The number of nitrogen functional groups attached to an aromatic ring is 2. The summed E-state index contributed by atoms with van der Waals surface area (Å²) in [5.41, 5.74) is 15.5. The van der Waals surface area contributed by atoms with Gasteiger partial charge >= 0.3 is 0 Å². The second-order valence-corrected chi connectivity index (χ2v) is 6.38. The Labute approximate surface area is 149 Å². The maximum atomic E-state index is 5.96. The van der Waals surface area contributed by atoms with Gasteiger partial charge in [-0.15, -0.1) is 0 Å². The SMILES string of the molecule is Nc1ccc(C2=NC3Cc4oc(-c5cccc(N)c5)nc4C=C3O2)cc1. The molecule has 2 heterocycles. The van der Waals surface area contributed by atoms with Crippen molar-refractivity contribution in [1.82, 2.24) is 4.98 Å². The molecule has 2 aromatic carbocycles. The second-order valence-electron chi connectivity index (χ2n) is 6.38. The summed E-state index contributed by atoms with van der Waals surface area (Å²) in [6.07, 6.45) is 2.52. The molecule has 1 unspecified atom stereocenters. The van der Waals surface area contributed by atoms with Crippen molar-refractivity contribution in [2.45, 2.75) is 12.5 Å². The first-order valence-corrected chi connectivity index (χ1v) is 8.34. The van der Waals surface area contributed by atoms with E-state index >= 15 is 0 Å². The van der Waals surface area contributed by atoms with Crippen molar-refractivity contribution < 1.29 is 9.15 Å². The van der Waals surface area contributed by atoms with Crippen molar-refractivity contribution in [2.24, 2.45) is 4.99 Å². The minimum Gasteiger partial charge on any atom is -0.441 e. The minimum atomic E-state index is -0.0864. The van der Waals surface area contributed by atoms with E-state index in [4.69, 9.17) is 20.6 Å². The molecule has 6 heteroatoms. The molecule has 5 rings (SSSR count). The van der Waals surface area contributed by atoms with Gasteiger partial charge in [-0.2, -0.15) is 0 Å². The summed E-state index contributed by atoms with van der Waals surface area (Å²) >= 11 is 0. The summed E-state index contributed by atoms with van der Waals surface area (Å²) in [4.78, 5) is 9.27. The molecule has 4 N–H and O–H groups in total. The summed E-state index contributed by atoms with van der Waals surface area (Å²) in [5.74, 6) is 2.75. The Bertz CT molecular complexity index is 1060. The fourth-order valence-electron chi connectivity index (χ4n) is 3.17.